The van der Waals surface area contributed by atoms with Crippen molar-refractivity contribution < 1.29 is 0 Å². The minimum Gasteiger partial charge on any atom is -0.326 e. The molecule has 0 saturated carbocycles. The van der Waals surface area contributed by atoms with Gasteiger partial charge in [-0.2, -0.15) is 4.98 Å². The molecule has 0 amide bonds. The molecule has 8 heteroatoms. The maximum absolute atomic E-state index is 12.7. The SMILES string of the molecule is O=c1[nH]c(Nc2cc(Cl)cc(Cl)c2)nc2nccc(-c3ccc(Cl)cc3)c12. The van der Waals surface area contributed by atoms with E-state index in [9.17, 15) is 4.79 Å². The van der Waals surface area contributed by atoms with E-state index in [2.05, 4.69) is 20.3 Å². The zero-order valence-corrected chi connectivity index (χ0v) is 15.9. The average Bonchev–Trinajstić information content (AvgIpc) is 2.61. The molecule has 27 heavy (non-hydrogen) atoms. The molecule has 2 aromatic heterocycles. The van der Waals surface area contributed by atoms with Crippen molar-refractivity contribution in [3.8, 4) is 11.1 Å². The average molecular weight is 418 g/mol. The fraction of sp³-hybridized carbons (Fsp3) is 0. The quantitative estimate of drug-likeness (QED) is 0.449. The Morgan fingerprint density at radius 1 is 0.889 bits per heavy atom. The Bertz CT molecular complexity index is 1190. The van der Waals surface area contributed by atoms with E-state index < -0.39 is 0 Å². The number of anilines is 2. The van der Waals surface area contributed by atoms with E-state index in [1.807, 2.05) is 12.1 Å². The molecule has 0 saturated heterocycles. The number of hydrogen-bond donors (Lipinski definition) is 2. The number of benzene rings is 2. The van der Waals surface area contributed by atoms with Gasteiger partial charge in [0.25, 0.3) is 5.56 Å². The van der Waals surface area contributed by atoms with E-state index in [4.69, 9.17) is 34.8 Å². The summed E-state index contributed by atoms with van der Waals surface area (Å²) in [6.45, 7) is 0. The second-order valence-corrected chi connectivity index (χ2v) is 7.07. The van der Waals surface area contributed by atoms with Crippen molar-refractivity contribution >= 4 is 57.5 Å². The van der Waals surface area contributed by atoms with Crippen LogP contribution in [0.4, 0.5) is 11.6 Å². The van der Waals surface area contributed by atoms with Crippen molar-refractivity contribution in [2.45, 2.75) is 0 Å². The number of H-pyrrole nitrogens is 1. The van der Waals surface area contributed by atoms with Crippen molar-refractivity contribution in [3.05, 3.63) is 80.1 Å². The summed E-state index contributed by atoms with van der Waals surface area (Å²) in [6, 6.07) is 14.0. The van der Waals surface area contributed by atoms with Crippen molar-refractivity contribution in [1.82, 2.24) is 15.0 Å². The first-order valence-electron chi connectivity index (χ1n) is 7.88. The number of aromatic amines is 1. The predicted molar refractivity (Wildman–Crippen MR) is 110 cm³/mol. The van der Waals surface area contributed by atoms with E-state index in [1.165, 1.54) is 0 Å². The van der Waals surface area contributed by atoms with Crippen LogP contribution in [-0.4, -0.2) is 15.0 Å². The highest BCUT2D eigenvalue weighted by atomic mass is 35.5. The summed E-state index contributed by atoms with van der Waals surface area (Å²) in [7, 11) is 0. The smallest absolute Gasteiger partial charge is 0.262 e. The highest BCUT2D eigenvalue weighted by Crippen LogP contribution is 2.27. The molecular formula is C19H11Cl3N4O. The zero-order chi connectivity index (χ0) is 19.0. The number of pyridine rings is 1. The first kappa shape index (κ1) is 17.8. The van der Waals surface area contributed by atoms with E-state index in [1.54, 1.807) is 42.6 Å². The fourth-order valence-corrected chi connectivity index (χ4v) is 3.41. The molecular weight excluding hydrogens is 407 g/mol. The molecule has 4 rings (SSSR count). The fourth-order valence-electron chi connectivity index (χ4n) is 2.76. The third-order valence-electron chi connectivity index (χ3n) is 3.89. The van der Waals surface area contributed by atoms with Crippen LogP contribution in [0.5, 0.6) is 0 Å². The Morgan fingerprint density at radius 2 is 1.59 bits per heavy atom. The van der Waals surface area contributed by atoms with Crippen LogP contribution in [0.15, 0.2) is 59.5 Å². The summed E-state index contributed by atoms with van der Waals surface area (Å²) in [4.78, 5) is 24.1. The van der Waals surface area contributed by atoms with Crippen molar-refractivity contribution in [3.63, 3.8) is 0 Å². The van der Waals surface area contributed by atoms with Gasteiger partial charge in [-0.15, -0.1) is 0 Å². The van der Waals surface area contributed by atoms with E-state index in [0.717, 1.165) is 11.1 Å². The lowest BCUT2D eigenvalue weighted by atomic mass is 10.0. The largest absolute Gasteiger partial charge is 0.326 e. The van der Waals surface area contributed by atoms with Crippen molar-refractivity contribution in [2.24, 2.45) is 0 Å². The Kier molecular flexibility index (Phi) is 4.74. The van der Waals surface area contributed by atoms with Crippen molar-refractivity contribution in [2.75, 3.05) is 5.32 Å². The van der Waals surface area contributed by atoms with Crippen LogP contribution in [0.2, 0.25) is 15.1 Å². The van der Waals surface area contributed by atoms with Gasteiger partial charge in [0, 0.05) is 27.0 Å². The van der Waals surface area contributed by atoms with Gasteiger partial charge in [-0.05, 0) is 47.5 Å². The molecule has 0 unspecified atom stereocenters. The Morgan fingerprint density at radius 3 is 2.30 bits per heavy atom. The van der Waals surface area contributed by atoms with Gasteiger partial charge < -0.3 is 5.32 Å². The van der Waals surface area contributed by atoms with Crippen LogP contribution < -0.4 is 10.9 Å². The van der Waals surface area contributed by atoms with Crippen LogP contribution in [0.25, 0.3) is 22.2 Å². The molecule has 0 aliphatic carbocycles. The summed E-state index contributed by atoms with van der Waals surface area (Å²) >= 11 is 18.0. The van der Waals surface area contributed by atoms with E-state index in [-0.39, 0.29) is 11.5 Å². The van der Waals surface area contributed by atoms with Gasteiger partial charge in [-0.1, -0.05) is 46.9 Å². The lowest BCUT2D eigenvalue weighted by molar-refractivity contribution is 1.14. The van der Waals surface area contributed by atoms with Gasteiger partial charge in [-0.3, -0.25) is 9.78 Å². The topological polar surface area (TPSA) is 70.7 Å². The van der Waals surface area contributed by atoms with Gasteiger partial charge in [0.1, 0.15) is 0 Å². The summed E-state index contributed by atoms with van der Waals surface area (Å²) in [5.41, 5.74) is 2.18. The summed E-state index contributed by atoms with van der Waals surface area (Å²) in [6.07, 6.45) is 1.61. The second kappa shape index (κ2) is 7.19. The predicted octanol–water partition coefficient (Wildman–Crippen LogP) is 5.69. The summed E-state index contributed by atoms with van der Waals surface area (Å²) in [5.74, 6) is 0.242. The van der Waals surface area contributed by atoms with Crippen LogP contribution in [0.3, 0.4) is 0 Å². The molecule has 2 heterocycles. The number of halogens is 3. The number of nitrogens with zero attached hydrogens (tertiary/aromatic N) is 2. The summed E-state index contributed by atoms with van der Waals surface area (Å²) in [5, 5.41) is 4.95. The van der Waals surface area contributed by atoms with Crippen molar-refractivity contribution in [1.29, 1.82) is 0 Å². The lowest BCUT2D eigenvalue weighted by Crippen LogP contribution is -2.13. The van der Waals surface area contributed by atoms with Crippen LogP contribution in [0, 0.1) is 0 Å². The minimum absolute atomic E-state index is 0.242. The van der Waals surface area contributed by atoms with E-state index in [0.29, 0.717) is 31.8 Å². The first-order valence-corrected chi connectivity index (χ1v) is 9.01. The van der Waals surface area contributed by atoms with E-state index >= 15 is 0 Å². The molecule has 134 valence electrons. The standard InChI is InChI=1S/C19H11Cl3N4O/c20-11-3-1-10(2-4-11)15-5-6-23-17-16(15)18(27)26-19(25-17)24-14-8-12(21)7-13(22)9-14/h1-9H,(H2,23,24,25,26,27). The molecule has 0 aliphatic rings. The number of aromatic nitrogens is 3. The highest BCUT2D eigenvalue weighted by molar-refractivity contribution is 6.35. The highest BCUT2D eigenvalue weighted by Gasteiger charge is 2.12. The Labute approximate surface area is 169 Å². The van der Waals surface area contributed by atoms with Crippen LogP contribution in [-0.2, 0) is 0 Å². The maximum atomic E-state index is 12.7. The zero-order valence-electron chi connectivity index (χ0n) is 13.6. The third kappa shape index (κ3) is 3.76. The molecule has 0 bridgehead atoms. The molecule has 0 radical (unpaired) electrons. The minimum atomic E-state index is -0.311. The van der Waals surface area contributed by atoms with Gasteiger partial charge in [0.2, 0.25) is 5.95 Å². The Hall–Kier alpha value is -2.60. The van der Waals surface area contributed by atoms with Crippen LogP contribution >= 0.6 is 34.8 Å². The number of rotatable bonds is 3. The van der Waals surface area contributed by atoms with Gasteiger partial charge in [-0.25, -0.2) is 4.98 Å². The van der Waals surface area contributed by atoms with Crippen LogP contribution in [0.1, 0.15) is 0 Å². The number of hydrogen-bond acceptors (Lipinski definition) is 4. The molecule has 0 aliphatic heterocycles. The monoisotopic (exact) mass is 416 g/mol. The van der Waals surface area contributed by atoms with Gasteiger partial charge >= 0.3 is 0 Å². The third-order valence-corrected chi connectivity index (χ3v) is 4.58. The maximum Gasteiger partial charge on any atom is 0.262 e. The molecule has 0 fully saturated rings. The molecule has 4 aromatic rings. The molecule has 0 spiro atoms. The normalized spacial score (nSPS) is 10.9. The van der Waals surface area contributed by atoms with Gasteiger partial charge in [0.05, 0.1) is 5.39 Å². The molecule has 0 atom stereocenters. The molecule has 2 aromatic carbocycles. The number of nitrogens with one attached hydrogen (secondary N) is 2. The number of fused-ring (bicyclic) bond motifs is 1. The molecule has 2 N–H and O–H groups in total. The van der Waals surface area contributed by atoms with Gasteiger partial charge in [0.15, 0.2) is 5.65 Å². The lowest BCUT2D eigenvalue weighted by Gasteiger charge is -2.09. The molecule has 5 nitrogen and oxygen atoms in total. The first-order chi connectivity index (χ1) is 13.0. The second-order valence-electron chi connectivity index (χ2n) is 5.76. The summed E-state index contributed by atoms with van der Waals surface area (Å²) < 4.78 is 0. The Balaban J connectivity index is 1.81.